The van der Waals surface area contributed by atoms with Crippen molar-refractivity contribution in [1.29, 1.82) is 0 Å². The first-order chi connectivity index (χ1) is 12.7. The Hall–Kier alpha value is -3.02. The van der Waals surface area contributed by atoms with Crippen molar-refractivity contribution in [3.63, 3.8) is 0 Å². The fourth-order valence-electron chi connectivity index (χ4n) is 3.10. The molecule has 0 unspecified atom stereocenters. The third-order valence-electron chi connectivity index (χ3n) is 4.51. The van der Waals surface area contributed by atoms with Crippen LogP contribution in [-0.2, 0) is 4.79 Å². The first-order valence-corrected chi connectivity index (χ1v) is 8.86. The molecule has 1 aliphatic heterocycles. The predicted molar refractivity (Wildman–Crippen MR) is 103 cm³/mol. The van der Waals surface area contributed by atoms with Crippen LogP contribution >= 0.6 is 0 Å². The van der Waals surface area contributed by atoms with E-state index in [2.05, 4.69) is 33.0 Å². The molecule has 6 heteroatoms. The molecule has 0 aromatic heterocycles. The van der Waals surface area contributed by atoms with E-state index in [0.29, 0.717) is 0 Å². The molecule has 0 spiro atoms. The summed E-state index contributed by atoms with van der Waals surface area (Å²) in [7, 11) is 1.48. The van der Waals surface area contributed by atoms with Crippen LogP contribution in [0.1, 0.15) is 24.4 Å². The summed E-state index contributed by atoms with van der Waals surface area (Å²) in [5, 5.41) is 7.98. The maximum Gasteiger partial charge on any atom is 0.321 e. The smallest absolute Gasteiger partial charge is 0.321 e. The van der Waals surface area contributed by atoms with Crippen molar-refractivity contribution in [1.82, 2.24) is 10.6 Å². The molecule has 0 aliphatic carbocycles. The van der Waals surface area contributed by atoms with Crippen LogP contribution in [0, 0.1) is 0 Å². The summed E-state index contributed by atoms with van der Waals surface area (Å²) in [4.78, 5) is 26.4. The van der Waals surface area contributed by atoms with Crippen LogP contribution in [0.15, 0.2) is 54.6 Å². The van der Waals surface area contributed by atoms with Crippen LogP contribution in [0.2, 0.25) is 0 Å². The largest absolute Gasteiger partial charge is 0.372 e. The van der Waals surface area contributed by atoms with E-state index in [9.17, 15) is 9.59 Å². The van der Waals surface area contributed by atoms with Gasteiger partial charge in [0.05, 0.1) is 0 Å². The van der Waals surface area contributed by atoms with Crippen LogP contribution < -0.4 is 20.9 Å². The highest BCUT2D eigenvalue weighted by atomic mass is 16.2. The number of amides is 3. The summed E-state index contributed by atoms with van der Waals surface area (Å²) in [6, 6.07) is 16.2. The van der Waals surface area contributed by atoms with E-state index in [1.165, 1.54) is 25.6 Å². The van der Waals surface area contributed by atoms with E-state index >= 15 is 0 Å². The molecule has 0 saturated carbocycles. The number of benzene rings is 2. The van der Waals surface area contributed by atoms with Crippen molar-refractivity contribution >= 4 is 23.3 Å². The van der Waals surface area contributed by atoms with E-state index in [1.54, 1.807) is 0 Å². The molecule has 6 nitrogen and oxygen atoms in total. The second kappa shape index (κ2) is 8.38. The van der Waals surface area contributed by atoms with Crippen LogP contribution in [-0.4, -0.2) is 32.1 Å². The van der Waals surface area contributed by atoms with Crippen LogP contribution in [0.3, 0.4) is 0 Å². The normalized spacial score (nSPS) is 14.6. The zero-order chi connectivity index (χ0) is 18.4. The van der Waals surface area contributed by atoms with Gasteiger partial charge >= 0.3 is 6.03 Å². The fourth-order valence-corrected chi connectivity index (χ4v) is 3.10. The summed E-state index contributed by atoms with van der Waals surface area (Å²) in [6.07, 6.45) is 2.46. The van der Waals surface area contributed by atoms with Crippen molar-refractivity contribution in [3.8, 4) is 0 Å². The molecule has 0 radical (unpaired) electrons. The minimum atomic E-state index is -0.661. The molecular formula is C20H24N4O2. The molecular weight excluding hydrogens is 328 g/mol. The van der Waals surface area contributed by atoms with E-state index in [0.717, 1.165) is 24.3 Å². The molecule has 1 heterocycles. The number of carbonyl (C=O) groups excluding carboxylic acids is 2. The standard InChI is InChI=1S/C20H24N4O2/c1-21-20(26)23-19(25)18(15-7-3-2-4-8-15)22-16-9-11-17(12-10-16)24-13-5-6-14-24/h2-4,7-12,18,22H,5-6,13-14H2,1H3,(H2,21,23,25,26)/t18-/m0/s1. The lowest BCUT2D eigenvalue weighted by Gasteiger charge is -2.21. The average molecular weight is 352 g/mol. The monoisotopic (exact) mass is 352 g/mol. The Morgan fingerprint density at radius 2 is 1.62 bits per heavy atom. The zero-order valence-electron chi connectivity index (χ0n) is 14.9. The summed E-state index contributed by atoms with van der Waals surface area (Å²) >= 11 is 0. The van der Waals surface area contributed by atoms with Gasteiger partial charge in [0.15, 0.2) is 0 Å². The van der Waals surface area contributed by atoms with Crippen molar-refractivity contribution in [2.24, 2.45) is 0 Å². The molecule has 1 fully saturated rings. The van der Waals surface area contributed by atoms with Gasteiger partial charge in [-0.25, -0.2) is 4.79 Å². The number of anilines is 2. The van der Waals surface area contributed by atoms with Gasteiger partial charge in [-0.2, -0.15) is 0 Å². The highest BCUT2D eigenvalue weighted by Gasteiger charge is 2.22. The number of nitrogens with zero attached hydrogens (tertiary/aromatic N) is 1. The third-order valence-corrected chi connectivity index (χ3v) is 4.51. The Kier molecular flexibility index (Phi) is 5.73. The van der Waals surface area contributed by atoms with Gasteiger partial charge in [-0.3, -0.25) is 10.1 Å². The van der Waals surface area contributed by atoms with Gasteiger partial charge < -0.3 is 15.5 Å². The van der Waals surface area contributed by atoms with Crippen LogP contribution in [0.4, 0.5) is 16.2 Å². The number of hydrogen-bond donors (Lipinski definition) is 3. The van der Waals surface area contributed by atoms with Gasteiger partial charge in [0.1, 0.15) is 6.04 Å². The van der Waals surface area contributed by atoms with E-state index in [-0.39, 0.29) is 0 Å². The molecule has 3 amide bonds. The van der Waals surface area contributed by atoms with Crippen molar-refractivity contribution in [2.45, 2.75) is 18.9 Å². The second-order valence-corrected chi connectivity index (χ2v) is 6.30. The molecule has 26 heavy (non-hydrogen) atoms. The minimum absolute atomic E-state index is 0.404. The molecule has 0 bridgehead atoms. The molecule has 1 saturated heterocycles. The second-order valence-electron chi connectivity index (χ2n) is 6.30. The Bertz CT molecular complexity index is 740. The highest BCUT2D eigenvalue weighted by molar-refractivity contribution is 5.98. The van der Waals surface area contributed by atoms with Crippen LogP contribution in [0.25, 0.3) is 0 Å². The topological polar surface area (TPSA) is 73.5 Å². The zero-order valence-corrected chi connectivity index (χ0v) is 14.9. The summed E-state index contributed by atoms with van der Waals surface area (Å²) in [5.74, 6) is -0.404. The Morgan fingerprint density at radius 1 is 0.962 bits per heavy atom. The van der Waals surface area contributed by atoms with Crippen molar-refractivity contribution < 1.29 is 9.59 Å². The highest BCUT2D eigenvalue weighted by Crippen LogP contribution is 2.25. The lowest BCUT2D eigenvalue weighted by molar-refractivity contribution is -0.120. The van der Waals surface area contributed by atoms with Gasteiger partial charge in [0.2, 0.25) is 0 Å². The molecule has 2 aromatic rings. The molecule has 136 valence electrons. The van der Waals surface area contributed by atoms with Gasteiger partial charge in [0.25, 0.3) is 5.91 Å². The molecule has 3 N–H and O–H groups in total. The summed E-state index contributed by atoms with van der Waals surface area (Å²) in [6.45, 7) is 2.18. The van der Waals surface area contributed by atoms with Crippen molar-refractivity contribution in [3.05, 3.63) is 60.2 Å². The van der Waals surface area contributed by atoms with Gasteiger partial charge in [-0.15, -0.1) is 0 Å². The minimum Gasteiger partial charge on any atom is -0.372 e. The molecule has 3 rings (SSSR count). The lowest BCUT2D eigenvalue weighted by atomic mass is 10.1. The van der Waals surface area contributed by atoms with Gasteiger partial charge in [-0.1, -0.05) is 30.3 Å². The van der Waals surface area contributed by atoms with Crippen molar-refractivity contribution in [2.75, 3.05) is 30.4 Å². The maximum atomic E-state index is 12.6. The summed E-state index contributed by atoms with van der Waals surface area (Å²) < 4.78 is 0. The molecule has 1 atom stereocenters. The predicted octanol–water partition coefficient (Wildman–Crippen LogP) is 2.90. The van der Waals surface area contributed by atoms with E-state index in [1.807, 2.05) is 42.5 Å². The quantitative estimate of drug-likeness (QED) is 0.774. The number of nitrogens with one attached hydrogen (secondary N) is 3. The molecule has 1 aliphatic rings. The number of carbonyl (C=O) groups is 2. The first-order valence-electron chi connectivity index (χ1n) is 8.86. The van der Waals surface area contributed by atoms with Crippen LogP contribution in [0.5, 0.6) is 0 Å². The van der Waals surface area contributed by atoms with Gasteiger partial charge in [0, 0.05) is 31.5 Å². The number of imide groups is 1. The number of urea groups is 1. The first kappa shape index (κ1) is 17.8. The van der Waals surface area contributed by atoms with Gasteiger partial charge in [-0.05, 0) is 42.7 Å². The SMILES string of the molecule is CNC(=O)NC(=O)[C@@H](Nc1ccc(N2CCCC2)cc1)c1ccccc1. The average Bonchev–Trinajstić information content (AvgIpc) is 3.22. The van der Waals surface area contributed by atoms with E-state index in [4.69, 9.17) is 0 Å². The maximum absolute atomic E-state index is 12.6. The fraction of sp³-hybridized carbons (Fsp3) is 0.300. The Labute approximate surface area is 153 Å². The number of rotatable bonds is 5. The Morgan fingerprint density at radius 3 is 2.23 bits per heavy atom. The Balaban J connectivity index is 1.76. The van der Waals surface area contributed by atoms with E-state index < -0.39 is 18.0 Å². The third kappa shape index (κ3) is 4.33. The number of hydrogen-bond acceptors (Lipinski definition) is 4. The lowest BCUT2D eigenvalue weighted by Crippen LogP contribution is -2.42. The molecule has 2 aromatic carbocycles. The summed E-state index contributed by atoms with van der Waals surface area (Å²) in [5.41, 5.74) is 2.81.